The van der Waals surface area contributed by atoms with Gasteiger partial charge in [0.1, 0.15) is 0 Å². The first kappa shape index (κ1) is 14.3. The van der Waals surface area contributed by atoms with Crippen molar-refractivity contribution in [3.8, 4) is 0 Å². The number of rotatable bonds is 4. The van der Waals surface area contributed by atoms with Crippen LogP contribution in [-0.2, 0) is 4.74 Å². The standard InChI is InChI=1S/C15H24N2O2/c1-3-15(16)12-4-6-13(7-5-12)17-8-14(9-18)19-10-11(17)2/h4-7,11,14-15,18H,3,8-10,16H2,1-2H3/t11?,14?,15-/m0/s1. The van der Waals surface area contributed by atoms with Crippen LogP contribution in [0.5, 0.6) is 0 Å². The van der Waals surface area contributed by atoms with Gasteiger partial charge >= 0.3 is 0 Å². The van der Waals surface area contributed by atoms with Gasteiger partial charge in [0.2, 0.25) is 0 Å². The zero-order valence-electron chi connectivity index (χ0n) is 11.7. The molecule has 0 aliphatic carbocycles. The molecule has 19 heavy (non-hydrogen) atoms. The predicted molar refractivity (Wildman–Crippen MR) is 77.3 cm³/mol. The molecule has 2 rings (SSSR count). The summed E-state index contributed by atoms with van der Waals surface area (Å²) in [6.07, 6.45) is 0.855. The van der Waals surface area contributed by atoms with Gasteiger partial charge in [0, 0.05) is 24.3 Å². The monoisotopic (exact) mass is 264 g/mol. The number of hydrogen-bond donors (Lipinski definition) is 2. The lowest BCUT2D eigenvalue weighted by atomic mass is 10.0. The largest absolute Gasteiger partial charge is 0.394 e. The summed E-state index contributed by atoms with van der Waals surface area (Å²) in [5, 5.41) is 9.22. The molecule has 1 heterocycles. The van der Waals surface area contributed by atoms with E-state index >= 15 is 0 Å². The van der Waals surface area contributed by atoms with E-state index in [2.05, 4.69) is 43.0 Å². The minimum Gasteiger partial charge on any atom is -0.394 e. The first-order valence-electron chi connectivity index (χ1n) is 7.00. The molecular weight excluding hydrogens is 240 g/mol. The Bertz CT molecular complexity index is 394. The molecule has 3 atom stereocenters. The number of nitrogens with zero attached hydrogens (tertiary/aromatic N) is 1. The van der Waals surface area contributed by atoms with Gasteiger partial charge in [-0.15, -0.1) is 0 Å². The lowest BCUT2D eigenvalue weighted by Crippen LogP contribution is -2.49. The highest BCUT2D eigenvalue weighted by Crippen LogP contribution is 2.24. The van der Waals surface area contributed by atoms with E-state index in [1.807, 2.05) is 0 Å². The highest BCUT2D eigenvalue weighted by atomic mass is 16.5. The maximum Gasteiger partial charge on any atom is 0.0981 e. The summed E-state index contributed by atoms with van der Waals surface area (Å²) < 4.78 is 5.56. The summed E-state index contributed by atoms with van der Waals surface area (Å²) in [4.78, 5) is 2.28. The van der Waals surface area contributed by atoms with E-state index in [1.54, 1.807) is 0 Å². The fourth-order valence-corrected chi connectivity index (χ4v) is 2.44. The number of hydrogen-bond acceptors (Lipinski definition) is 4. The summed E-state index contributed by atoms with van der Waals surface area (Å²) in [5.41, 5.74) is 8.37. The summed E-state index contributed by atoms with van der Waals surface area (Å²) in [5.74, 6) is 0. The molecule has 4 nitrogen and oxygen atoms in total. The molecular formula is C15H24N2O2. The lowest BCUT2D eigenvalue weighted by molar-refractivity contribution is -0.0103. The number of morpholine rings is 1. The van der Waals surface area contributed by atoms with Crippen molar-refractivity contribution in [3.05, 3.63) is 29.8 Å². The fraction of sp³-hybridized carbons (Fsp3) is 0.600. The second kappa shape index (κ2) is 6.37. The molecule has 0 saturated carbocycles. The van der Waals surface area contributed by atoms with Crippen LogP contribution in [0.2, 0.25) is 0 Å². The molecule has 1 aliphatic heterocycles. The first-order valence-corrected chi connectivity index (χ1v) is 7.00. The summed E-state index contributed by atoms with van der Waals surface area (Å²) in [7, 11) is 0. The molecule has 4 heteroatoms. The molecule has 0 spiro atoms. The molecule has 1 saturated heterocycles. The summed E-state index contributed by atoms with van der Waals surface area (Å²) in [6, 6.07) is 8.86. The van der Waals surface area contributed by atoms with Crippen LogP contribution in [0.25, 0.3) is 0 Å². The fourth-order valence-electron chi connectivity index (χ4n) is 2.44. The Hall–Kier alpha value is -1.10. The second-order valence-electron chi connectivity index (χ2n) is 5.25. The van der Waals surface area contributed by atoms with Gasteiger partial charge in [-0.05, 0) is 31.0 Å². The molecule has 1 fully saturated rings. The molecule has 0 aromatic heterocycles. The van der Waals surface area contributed by atoms with Crippen LogP contribution in [0.15, 0.2) is 24.3 Å². The van der Waals surface area contributed by atoms with Crippen molar-refractivity contribution in [3.63, 3.8) is 0 Å². The zero-order valence-corrected chi connectivity index (χ0v) is 11.7. The first-order chi connectivity index (χ1) is 9.15. The number of ether oxygens (including phenoxy) is 1. The van der Waals surface area contributed by atoms with E-state index in [4.69, 9.17) is 10.5 Å². The molecule has 2 unspecified atom stereocenters. The Morgan fingerprint density at radius 1 is 1.42 bits per heavy atom. The number of nitrogens with two attached hydrogens (primary N) is 1. The third kappa shape index (κ3) is 3.26. The minimum atomic E-state index is -0.0891. The van der Waals surface area contributed by atoms with Gasteiger partial charge in [0.25, 0.3) is 0 Å². The molecule has 0 radical (unpaired) electrons. The van der Waals surface area contributed by atoms with Crippen molar-refractivity contribution in [1.82, 2.24) is 0 Å². The van der Waals surface area contributed by atoms with Gasteiger partial charge < -0.3 is 20.5 Å². The highest BCUT2D eigenvalue weighted by molar-refractivity contribution is 5.49. The van der Waals surface area contributed by atoms with Gasteiger partial charge in [-0.3, -0.25) is 0 Å². The highest BCUT2D eigenvalue weighted by Gasteiger charge is 2.25. The Labute approximate surface area is 115 Å². The predicted octanol–water partition coefficient (Wildman–Crippen LogP) is 1.68. The Morgan fingerprint density at radius 2 is 2.11 bits per heavy atom. The Morgan fingerprint density at radius 3 is 2.68 bits per heavy atom. The van der Waals surface area contributed by atoms with Gasteiger partial charge in [0.05, 0.1) is 19.3 Å². The molecule has 1 aromatic carbocycles. The van der Waals surface area contributed by atoms with E-state index in [0.29, 0.717) is 12.6 Å². The third-order valence-electron chi connectivity index (χ3n) is 3.80. The van der Waals surface area contributed by atoms with Crippen LogP contribution >= 0.6 is 0 Å². The van der Waals surface area contributed by atoms with Gasteiger partial charge in [-0.25, -0.2) is 0 Å². The molecule has 0 amide bonds. The summed E-state index contributed by atoms with van der Waals surface area (Å²) in [6.45, 7) is 5.69. The van der Waals surface area contributed by atoms with Crippen molar-refractivity contribution in [2.45, 2.75) is 38.5 Å². The Kier molecular flexibility index (Phi) is 4.80. The molecule has 1 aliphatic rings. The number of benzene rings is 1. The minimum absolute atomic E-state index is 0.0714. The molecule has 0 bridgehead atoms. The molecule has 3 N–H and O–H groups in total. The van der Waals surface area contributed by atoms with Crippen molar-refractivity contribution in [1.29, 1.82) is 0 Å². The third-order valence-corrected chi connectivity index (χ3v) is 3.80. The number of anilines is 1. The topological polar surface area (TPSA) is 58.7 Å². The lowest BCUT2D eigenvalue weighted by Gasteiger charge is -2.39. The van der Waals surface area contributed by atoms with E-state index < -0.39 is 0 Å². The second-order valence-corrected chi connectivity index (χ2v) is 5.25. The normalized spacial score (nSPS) is 25.4. The van der Waals surface area contributed by atoms with Crippen molar-refractivity contribution < 1.29 is 9.84 Å². The zero-order chi connectivity index (χ0) is 13.8. The average Bonchev–Trinajstić information content (AvgIpc) is 2.47. The quantitative estimate of drug-likeness (QED) is 0.868. The van der Waals surface area contributed by atoms with Crippen LogP contribution in [0.3, 0.4) is 0 Å². The van der Waals surface area contributed by atoms with E-state index in [1.165, 1.54) is 11.3 Å². The van der Waals surface area contributed by atoms with Crippen LogP contribution in [-0.4, -0.2) is 37.0 Å². The maximum absolute atomic E-state index is 9.22. The van der Waals surface area contributed by atoms with Gasteiger partial charge in [0.15, 0.2) is 0 Å². The van der Waals surface area contributed by atoms with Gasteiger partial charge in [-0.1, -0.05) is 19.1 Å². The van der Waals surface area contributed by atoms with Crippen LogP contribution < -0.4 is 10.6 Å². The van der Waals surface area contributed by atoms with Crippen LogP contribution in [0.1, 0.15) is 31.9 Å². The average molecular weight is 264 g/mol. The van der Waals surface area contributed by atoms with Crippen LogP contribution in [0, 0.1) is 0 Å². The van der Waals surface area contributed by atoms with E-state index in [-0.39, 0.29) is 18.8 Å². The van der Waals surface area contributed by atoms with Crippen molar-refractivity contribution >= 4 is 5.69 Å². The number of aliphatic hydroxyl groups is 1. The van der Waals surface area contributed by atoms with E-state index in [9.17, 15) is 5.11 Å². The van der Waals surface area contributed by atoms with Crippen molar-refractivity contribution in [2.24, 2.45) is 5.73 Å². The molecule has 106 valence electrons. The smallest absolute Gasteiger partial charge is 0.0981 e. The van der Waals surface area contributed by atoms with E-state index in [0.717, 1.165) is 13.0 Å². The summed E-state index contributed by atoms with van der Waals surface area (Å²) >= 11 is 0. The van der Waals surface area contributed by atoms with Gasteiger partial charge in [-0.2, -0.15) is 0 Å². The number of aliphatic hydroxyl groups excluding tert-OH is 1. The maximum atomic E-state index is 9.22. The molecule has 1 aromatic rings. The Balaban J connectivity index is 2.11. The van der Waals surface area contributed by atoms with Crippen LogP contribution in [0.4, 0.5) is 5.69 Å². The van der Waals surface area contributed by atoms with Crippen molar-refractivity contribution in [2.75, 3.05) is 24.7 Å². The SMILES string of the molecule is CC[C@H](N)c1ccc(N2CC(CO)OCC2C)cc1.